The van der Waals surface area contributed by atoms with Gasteiger partial charge in [-0.2, -0.15) is 0 Å². The second-order valence-corrected chi connectivity index (χ2v) is 4.47. The summed E-state index contributed by atoms with van der Waals surface area (Å²) < 4.78 is 26.7. The number of para-hydroxylation sites is 1. The Morgan fingerprint density at radius 1 is 1.16 bits per heavy atom. The Bertz CT molecular complexity index is 570. The van der Waals surface area contributed by atoms with Crippen LogP contribution in [0, 0.1) is 11.6 Å². The number of anilines is 1. The zero-order valence-electron chi connectivity index (χ0n) is 10.7. The molecule has 100 valence electrons. The molecule has 0 fully saturated rings. The highest BCUT2D eigenvalue weighted by Crippen LogP contribution is 2.19. The molecule has 1 atom stereocenters. The fraction of sp³-hybridized carbons (Fsp3) is 0.200. The van der Waals surface area contributed by atoms with E-state index < -0.39 is 11.6 Å². The van der Waals surface area contributed by atoms with Gasteiger partial charge >= 0.3 is 0 Å². The third kappa shape index (κ3) is 3.29. The van der Waals surface area contributed by atoms with E-state index >= 15 is 0 Å². The van der Waals surface area contributed by atoms with Crippen molar-refractivity contribution in [1.29, 1.82) is 0 Å². The number of nitrogen functional groups attached to an aromatic ring is 1. The fourth-order valence-electron chi connectivity index (χ4n) is 1.91. The Morgan fingerprint density at radius 3 is 2.63 bits per heavy atom. The Balaban J connectivity index is 2.07. The average molecular weight is 262 g/mol. The molecule has 4 heteroatoms. The smallest absolute Gasteiger partial charge is 0.128 e. The van der Waals surface area contributed by atoms with Crippen LogP contribution in [0.15, 0.2) is 42.5 Å². The van der Waals surface area contributed by atoms with Crippen LogP contribution in [-0.4, -0.2) is 0 Å². The normalized spacial score (nSPS) is 12.4. The molecule has 3 N–H and O–H groups in total. The molecule has 0 saturated heterocycles. The highest BCUT2D eigenvalue weighted by atomic mass is 19.1. The minimum atomic E-state index is -0.440. The number of rotatable bonds is 4. The number of hydrogen-bond donors (Lipinski definition) is 2. The number of nitrogens with two attached hydrogens (primary N) is 1. The third-order valence-corrected chi connectivity index (χ3v) is 3.08. The van der Waals surface area contributed by atoms with Crippen LogP contribution in [0.1, 0.15) is 24.1 Å². The summed E-state index contributed by atoms with van der Waals surface area (Å²) in [6.07, 6.45) is 0. The summed E-state index contributed by atoms with van der Waals surface area (Å²) in [7, 11) is 0. The SMILES string of the molecule is CC(NCc1ccccc1N)c1cc(F)ccc1F. The molecule has 0 amide bonds. The molecule has 0 aromatic heterocycles. The molecular formula is C15H16F2N2. The van der Waals surface area contributed by atoms with Gasteiger partial charge in [0, 0.05) is 23.8 Å². The number of benzene rings is 2. The summed E-state index contributed by atoms with van der Waals surface area (Å²) in [4.78, 5) is 0. The van der Waals surface area contributed by atoms with Gasteiger partial charge in [-0.05, 0) is 36.8 Å². The standard InChI is InChI=1S/C15H16F2N2/c1-10(13-8-12(16)6-7-14(13)17)19-9-11-4-2-3-5-15(11)18/h2-8,10,19H,9,18H2,1H3. The van der Waals surface area contributed by atoms with Gasteiger partial charge in [0.1, 0.15) is 11.6 Å². The lowest BCUT2D eigenvalue weighted by molar-refractivity contribution is 0.519. The summed E-state index contributed by atoms with van der Waals surface area (Å²) in [6, 6.07) is 10.6. The van der Waals surface area contributed by atoms with Gasteiger partial charge < -0.3 is 11.1 Å². The molecular weight excluding hydrogens is 246 g/mol. The first-order chi connectivity index (χ1) is 9.08. The van der Waals surface area contributed by atoms with Crippen LogP contribution in [0.5, 0.6) is 0 Å². The Kier molecular flexibility index (Phi) is 4.12. The van der Waals surface area contributed by atoms with Crippen molar-refractivity contribution in [3.8, 4) is 0 Å². The number of halogens is 2. The summed E-state index contributed by atoms with van der Waals surface area (Å²) in [5.74, 6) is -0.855. The molecule has 0 aliphatic carbocycles. The van der Waals surface area contributed by atoms with E-state index in [1.807, 2.05) is 24.3 Å². The summed E-state index contributed by atoms with van der Waals surface area (Å²) in [6.45, 7) is 2.29. The molecule has 0 aliphatic rings. The van der Waals surface area contributed by atoms with E-state index in [0.29, 0.717) is 17.8 Å². The topological polar surface area (TPSA) is 38.0 Å². The first-order valence-electron chi connectivity index (χ1n) is 6.09. The minimum absolute atomic E-state index is 0.296. The van der Waals surface area contributed by atoms with Gasteiger partial charge in [0.15, 0.2) is 0 Å². The first kappa shape index (κ1) is 13.5. The van der Waals surface area contributed by atoms with Crippen molar-refractivity contribution in [2.45, 2.75) is 19.5 Å². The van der Waals surface area contributed by atoms with Gasteiger partial charge in [-0.25, -0.2) is 8.78 Å². The molecule has 0 spiro atoms. The van der Waals surface area contributed by atoms with Crippen molar-refractivity contribution >= 4 is 5.69 Å². The van der Waals surface area contributed by atoms with E-state index in [1.54, 1.807) is 6.92 Å². The van der Waals surface area contributed by atoms with Gasteiger partial charge in [-0.3, -0.25) is 0 Å². The lowest BCUT2D eigenvalue weighted by atomic mass is 10.1. The maximum atomic E-state index is 13.6. The van der Waals surface area contributed by atoms with Crippen molar-refractivity contribution < 1.29 is 8.78 Å². The van der Waals surface area contributed by atoms with Crippen LogP contribution in [0.4, 0.5) is 14.5 Å². The molecule has 2 rings (SSSR count). The van der Waals surface area contributed by atoms with Crippen molar-refractivity contribution in [2.75, 3.05) is 5.73 Å². The molecule has 0 aliphatic heterocycles. The van der Waals surface area contributed by atoms with Gasteiger partial charge in [-0.1, -0.05) is 18.2 Å². The Morgan fingerprint density at radius 2 is 1.89 bits per heavy atom. The van der Waals surface area contributed by atoms with E-state index in [9.17, 15) is 8.78 Å². The Labute approximate surface area is 111 Å². The predicted octanol–water partition coefficient (Wildman–Crippen LogP) is 3.40. The van der Waals surface area contributed by atoms with Gasteiger partial charge in [0.2, 0.25) is 0 Å². The summed E-state index contributed by atoms with van der Waals surface area (Å²) in [5.41, 5.74) is 7.76. The molecule has 0 saturated carbocycles. The predicted molar refractivity (Wildman–Crippen MR) is 72.5 cm³/mol. The maximum Gasteiger partial charge on any atom is 0.128 e. The van der Waals surface area contributed by atoms with Gasteiger partial charge in [0.25, 0.3) is 0 Å². The zero-order valence-corrected chi connectivity index (χ0v) is 10.7. The monoisotopic (exact) mass is 262 g/mol. The van der Waals surface area contributed by atoms with Crippen LogP contribution in [-0.2, 0) is 6.54 Å². The summed E-state index contributed by atoms with van der Waals surface area (Å²) in [5, 5.41) is 3.14. The van der Waals surface area contributed by atoms with Crippen LogP contribution in [0.2, 0.25) is 0 Å². The highest BCUT2D eigenvalue weighted by molar-refractivity contribution is 5.46. The average Bonchev–Trinajstić information content (AvgIpc) is 2.40. The number of hydrogen-bond acceptors (Lipinski definition) is 2. The van der Waals surface area contributed by atoms with E-state index in [0.717, 1.165) is 17.7 Å². The van der Waals surface area contributed by atoms with Crippen molar-refractivity contribution in [3.63, 3.8) is 0 Å². The largest absolute Gasteiger partial charge is 0.398 e. The zero-order chi connectivity index (χ0) is 13.8. The van der Waals surface area contributed by atoms with Crippen LogP contribution in [0.3, 0.4) is 0 Å². The van der Waals surface area contributed by atoms with Crippen LogP contribution >= 0.6 is 0 Å². The van der Waals surface area contributed by atoms with E-state index in [4.69, 9.17) is 5.73 Å². The van der Waals surface area contributed by atoms with Gasteiger partial charge in [-0.15, -0.1) is 0 Å². The summed E-state index contributed by atoms with van der Waals surface area (Å²) >= 11 is 0. The van der Waals surface area contributed by atoms with E-state index in [-0.39, 0.29) is 6.04 Å². The van der Waals surface area contributed by atoms with E-state index in [2.05, 4.69) is 5.32 Å². The molecule has 2 aromatic rings. The molecule has 0 bridgehead atoms. The second kappa shape index (κ2) is 5.80. The van der Waals surface area contributed by atoms with Crippen molar-refractivity contribution in [1.82, 2.24) is 5.32 Å². The molecule has 2 aromatic carbocycles. The molecule has 0 radical (unpaired) electrons. The number of nitrogens with one attached hydrogen (secondary N) is 1. The lowest BCUT2D eigenvalue weighted by Gasteiger charge is -2.16. The fourth-order valence-corrected chi connectivity index (χ4v) is 1.91. The quantitative estimate of drug-likeness (QED) is 0.829. The first-order valence-corrected chi connectivity index (χ1v) is 6.09. The third-order valence-electron chi connectivity index (χ3n) is 3.08. The van der Waals surface area contributed by atoms with Crippen molar-refractivity contribution in [3.05, 3.63) is 65.2 Å². The molecule has 0 heterocycles. The van der Waals surface area contributed by atoms with E-state index in [1.165, 1.54) is 6.07 Å². The highest BCUT2D eigenvalue weighted by Gasteiger charge is 2.11. The molecule has 2 nitrogen and oxygen atoms in total. The maximum absolute atomic E-state index is 13.6. The van der Waals surface area contributed by atoms with Crippen LogP contribution in [0.25, 0.3) is 0 Å². The second-order valence-electron chi connectivity index (χ2n) is 4.47. The lowest BCUT2D eigenvalue weighted by Crippen LogP contribution is -2.20. The molecule has 19 heavy (non-hydrogen) atoms. The van der Waals surface area contributed by atoms with Crippen LogP contribution < -0.4 is 11.1 Å². The minimum Gasteiger partial charge on any atom is -0.398 e. The Hall–Kier alpha value is -1.94. The van der Waals surface area contributed by atoms with Crippen molar-refractivity contribution in [2.24, 2.45) is 0 Å². The van der Waals surface area contributed by atoms with Gasteiger partial charge in [0.05, 0.1) is 0 Å². The molecule has 1 unspecified atom stereocenters.